The molecule has 1 aromatic carbocycles. The summed E-state index contributed by atoms with van der Waals surface area (Å²) in [4.78, 5) is 48.1. The first-order chi connectivity index (χ1) is 11.8. The zero-order chi connectivity index (χ0) is 18.6. The van der Waals surface area contributed by atoms with Gasteiger partial charge in [0.15, 0.2) is 6.10 Å². The molecule has 1 atom stereocenters. The van der Waals surface area contributed by atoms with E-state index in [0.29, 0.717) is 0 Å². The summed E-state index contributed by atoms with van der Waals surface area (Å²) in [5.41, 5.74) is -1.51. The Hall–Kier alpha value is -2.94. The van der Waals surface area contributed by atoms with Crippen LogP contribution in [0.3, 0.4) is 0 Å². The molecule has 25 heavy (non-hydrogen) atoms. The summed E-state index contributed by atoms with van der Waals surface area (Å²) in [6.07, 6.45) is -0.114. The predicted octanol–water partition coefficient (Wildman–Crippen LogP) is 0.899. The van der Waals surface area contributed by atoms with Crippen molar-refractivity contribution in [3.8, 4) is 0 Å². The van der Waals surface area contributed by atoms with Crippen LogP contribution in [0.2, 0.25) is 5.02 Å². The van der Waals surface area contributed by atoms with E-state index in [0.717, 1.165) is 22.9 Å². The number of amides is 1. The first kappa shape index (κ1) is 18.4. The fraction of sp³-hybridized carbons (Fsp3) is 0.200. The number of nitrogens with zero attached hydrogens (tertiary/aromatic N) is 1. The van der Waals surface area contributed by atoms with E-state index in [4.69, 9.17) is 16.3 Å². The van der Waals surface area contributed by atoms with Crippen molar-refractivity contribution in [1.29, 1.82) is 0 Å². The second-order valence-electron chi connectivity index (χ2n) is 4.98. The van der Waals surface area contributed by atoms with E-state index in [-0.39, 0.29) is 10.7 Å². The lowest BCUT2D eigenvalue weighted by Crippen LogP contribution is -2.35. The molecule has 2 aromatic rings. The number of esters is 1. The summed E-state index contributed by atoms with van der Waals surface area (Å²) >= 11 is 5.61. The van der Waals surface area contributed by atoms with E-state index in [2.05, 4.69) is 5.32 Å². The minimum atomic E-state index is -1.24. The fourth-order valence-electron chi connectivity index (χ4n) is 1.82. The molecule has 1 heterocycles. The molecule has 0 spiro atoms. The molecule has 0 aliphatic carbocycles. The molecule has 0 radical (unpaired) electrons. The van der Waals surface area contributed by atoms with Crippen molar-refractivity contribution in [2.45, 2.75) is 19.6 Å². The van der Waals surface area contributed by atoms with Crippen LogP contribution in [0, 0.1) is 5.82 Å². The van der Waals surface area contributed by atoms with Crippen LogP contribution >= 0.6 is 11.6 Å². The maximum Gasteiger partial charge on any atom is 0.328 e. The molecule has 2 rings (SSSR count). The van der Waals surface area contributed by atoms with E-state index in [1.807, 2.05) is 4.98 Å². The quantitative estimate of drug-likeness (QED) is 0.761. The van der Waals surface area contributed by atoms with Crippen LogP contribution in [0.5, 0.6) is 0 Å². The second-order valence-corrected chi connectivity index (χ2v) is 5.42. The molecule has 0 saturated heterocycles. The van der Waals surface area contributed by atoms with Crippen molar-refractivity contribution in [2.24, 2.45) is 0 Å². The Morgan fingerprint density at radius 1 is 1.36 bits per heavy atom. The van der Waals surface area contributed by atoms with Crippen molar-refractivity contribution in [3.63, 3.8) is 0 Å². The van der Waals surface area contributed by atoms with Gasteiger partial charge in [-0.15, -0.1) is 0 Å². The molecule has 1 amide bonds. The number of ether oxygens (including phenoxy) is 1. The van der Waals surface area contributed by atoms with Crippen LogP contribution in [0.15, 0.2) is 40.1 Å². The van der Waals surface area contributed by atoms with Crippen LogP contribution in [0.1, 0.15) is 6.92 Å². The van der Waals surface area contributed by atoms with Gasteiger partial charge in [0.25, 0.3) is 11.5 Å². The Morgan fingerprint density at radius 2 is 2.08 bits per heavy atom. The van der Waals surface area contributed by atoms with Crippen molar-refractivity contribution >= 4 is 29.2 Å². The van der Waals surface area contributed by atoms with E-state index in [1.54, 1.807) is 0 Å². The molecule has 2 N–H and O–H groups in total. The number of rotatable bonds is 5. The van der Waals surface area contributed by atoms with Crippen LogP contribution in [0.25, 0.3) is 0 Å². The van der Waals surface area contributed by atoms with E-state index in [9.17, 15) is 23.6 Å². The molecule has 0 bridgehead atoms. The smallest absolute Gasteiger partial charge is 0.328 e. The highest BCUT2D eigenvalue weighted by molar-refractivity contribution is 6.30. The number of anilines is 1. The van der Waals surface area contributed by atoms with Crippen LogP contribution in [-0.4, -0.2) is 27.5 Å². The van der Waals surface area contributed by atoms with Crippen molar-refractivity contribution in [2.75, 3.05) is 5.32 Å². The molecular weight excluding hydrogens is 357 g/mol. The first-order valence-electron chi connectivity index (χ1n) is 7.01. The second kappa shape index (κ2) is 7.75. The molecule has 1 aromatic heterocycles. The molecule has 0 saturated carbocycles. The number of carbonyl (C=O) groups excluding carboxylic acids is 2. The number of carbonyl (C=O) groups is 2. The highest BCUT2D eigenvalue weighted by atomic mass is 35.5. The average molecular weight is 370 g/mol. The number of H-pyrrole nitrogens is 1. The minimum Gasteiger partial charge on any atom is -0.451 e. The van der Waals surface area contributed by atoms with Gasteiger partial charge in [-0.2, -0.15) is 0 Å². The maximum absolute atomic E-state index is 13.6. The lowest BCUT2D eigenvalue weighted by Gasteiger charge is -2.14. The number of aromatic nitrogens is 2. The van der Waals surface area contributed by atoms with E-state index in [1.165, 1.54) is 19.1 Å². The number of halogens is 2. The number of hydrogen-bond acceptors (Lipinski definition) is 5. The van der Waals surface area contributed by atoms with Gasteiger partial charge in [0.2, 0.25) is 0 Å². The zero-order valence-corrected chi connectivity index (χ0v) is 13.7. The molecule has 0 aliphatic rings. The molecule has 0 fully saturated rings. The first-order valence-corrected chi connectivity index (χ1v) is 7.39. The lowest BCUT2D eigenvalue weighted by molar-refractivity contribution is -0.153. The van der Waals surface area contributed by atoms with Gasteiger partial charge in [-0.3, -0.25) is 23.9 Å². The normalized spacial score (nSPS) is 11.6. The maximum atomic E-state index is 13.6. The van der Waals surface area contributed by atoms with E-state index >= 15 is 0 Å². The van der Waals surface area contributed by atoms with Crippen molar-refractivity contribution < 1.29 is 18.7 Å². The van der Waals surface area contributed by atoms with Crippen LogP contribution in [-0.2, 0) is 20.9 Å². The Balaban J connectivity index is 1.97. The SMILES string of the molecule is C[C@@H](OC(=O)Cn1ccc(=O)[nH]c1=O)C(=O)Nc1ccc(Cl)cc1F. The van der Waals surface area contributed by atoms with Gasteiger partial charge in [0.05, 0.1) is 5.69 Å². The molecule has 10 heteroatoms. The third kappa shape index (κ3) is 5.01. The van der Waals surface area contributed by atoms with Crippen LogP contribution < -0.4 is 16.6 Å². The summed E-state index contributed by atoms with van der Waals surface area (Å²) < 4.78 is 19.4. The summed E-state index contributed by atoms with van der Waals surface area (Å²) in [7, 11) is 0. The van der Waals surface area contributed by atoms with Gasteiger partial charge in [0, 0.05) is 17.3 Å². The number of hydrogen-bond donors (Lipinski definition) is 2. The third-order valence-corrected chi connectivity index (χ3v) is 3.30. The summed E-state index contributed by atoms with van der Waals surface area (Å²) in [6.45, 7) is 0.791. The van der Waals surface area contributed by atoms with Gasteiger partial charge in [-0.05, 0) is 25.1 Å². The summed E-state index contributed by atoms with van der Waals surface area (Å²) in [5.74, 6) is -2.38. The molecule has 8 nitrogen and oxygen atoms in total. The topological polar surface area (TPSA) is 110 Å². The Labute approximate surface area is 145 Å². The molecule has 132 valence electrons. The molecule has 0 aliphatic heterocycles. The van der Waals surface area contributed by atoms with E-state index < -0.39 is 41.6 Å². The Kier molecular flexibility index (Phi) is 5.71. The number of nitrogens with one attached hydrogen (secondary N) is 2. The summed E-state index contributed by atoms with van der Waals surface area (Å²) in [5, 5.41) is 2.43. The molecular formula is C15H13ClFN3O5. The van der Waals surface area contributed by atoms with Gasteiger partial charge < -0.3 is 10.1 Å². The number of aromatic amines is 1. The average Bonchev–Trinajstić information content (AvgIpc) is 2.52. The third-order valence-electron chi connectivity index (χ3n) is 3.06. The largest absolute Gasteiger partial charge is 0.451 e. The standard InChI is InChI=1S/C15H13ClFN3O5/c1-8(14(23)18-11-3-2-9(16)6-10(11)17)25-13(22)7-20-5-4-12(21)19-15(20)24/h2-6,8H,7H2,1H3,(H,18,23)(H,19,21,24)/t8-/m1/s1. The van der Waals surface area contributed by atoms with Crippen molar-refractivity contribution in [1.82, 2.24) is 9.55 Å². The van der Waals surface area contributed by atoms with Gasteiger partial charge in [-0.25, -0.2) is 9.18 Å². The zero-order valence-electron chi connectivity index (χ0n) is 12.9. The fourth-order valence-corrected chi connectivity index (χ4v) is 1.98. The monoisotopic (exact) mass is 369 g/mol. The lowest BCUT2D eigenvalue weighted by atomic mass is 10.3. The number of benzene rings is 1. The highest BCUT2D eigenvalue weighted by Gasteiger charge is 2.19. The predicted molar refractivity (Wildman–Crippen MR) is 86.9 cm³/mol. The highest BCUT2D eigenvalue weighted by Crippen LogP contribution is 2.19. The Bertz CT molecular complexity index is 924. The van der Waals surface area contributed by atoms with Gasteiger partial charge in [0.1, 0.15) is 12.4 Å². The van der Waals surface area contributed by atoms with Crippen LogP contribution in [0.4, 0.5) is 10.1 Å². The minimum absolute atomic E-state index is 0.117. The van der Waals surface area contributed by atoms with Gasteiger partial charge in [-0.1, -0.05) is 11.6 Å². The Morgan fingerprint density at radius 3 is 2.72 bits per heavy atom. The van der Waals surface area contributed by atoms with Gasteiger partial charge >= 0.3 is 11.7 Å². The summed E-state index contributed by atoms with van der Waals surface area (Å²) in [6, 6.07) is 4.74. The van der Waals surface area contributed by atoms with Crippen molar-refractivity contribution in [3.05, 3.63) is 62.1 Å². The molecule has 0 unspecified atom stereocenters.